The second kappa shape index (κ2) is 9.03. The molecule has 0 radical (unpaired) electrons. The largest absolute Gasteiger partial charge is 0.489 e. The molecular formula is C24H27N3O3. The quantitative estimate of drug-likeness (QED) is 0.555. The van der Waals surface area contributed by atoms with Crippen LogP contribution < -0.4 is 10.1 Å². The Morgan fingerprint density at radius 1 is 1.17 bits per heavy atom. The molecule has 1 fully saturated rings. The minimum absolute atomic E-state index is 0.321. The standard InChI is InChI=1S/C24H27N3O3/c1-3-29-24(28)25-23-13-17(2)27(26-23)15-21-14-20(19-9-10-19)11-12-22(21)30-16-18-7-5-4-6-8-18/h4-8,11-14,19H,3,9-10,15-16H2,1-2H3,(H,25,26,28). The highest BCUT2D eigenvalue weighted by molar-refractivity contribution is 5.83. The van der Waals surface area contributed by atoms with Crippen LogP contribution >= 0.6 is 0 Å². The van der Waals surface area contributed by atoms with Gasteiger partial charge in [0.25, 0.3) is 0 Å². The first kappa shape index (κ1) is 20.0. The summed E-state index contributed by atoms with van der Waals surface area (Å²) in [5.74, 6) is 2.00. The molecule has 2 aromatic carbocycles. The highest BCUT2D eigenvalue weighted by Crippen LogP contribution is 2.41. The van der Waals surface area contributed by atoms with Gasteiger partial charge in [-0.2, -0.15) is 5.10 Å². The Balaban J connectivity index is 1.53. The monoisotopic (exact) mass is 405 g/mol. The maximum Gasteiger partial charge on any atom is 0.412 e. The van der Waals surface area contributed by atoms with E-state index < -0.39 is 6.09 Å². The average Bonchev–Trinajstić information content (AvgIpc) is 3.53. The van der Waals surface area contributed by atoms with Crippen LogP contribution in [0.3, 0.4) is 0 Å². The predicted molar refractivity (Wildman–Crippen MR) is 116 cm³/mol. The second-order valence-electron chi connectivity index (χ2n) is 7.59. The molecule has 0 unspecified atom stereocenters. The van der Waals surface area contributed by atoms with E-state index in [0.717, 1.165) is 22.6 Å². The van der Waals surface area contributed by atoms with E-state index in [0.29, 0.717) is 31.5 Å². The first-order chi connectivity index (χ1) is 14.6. The molecule has 0 spiro atoms. The number of aromatic nitrogens is 2. The van der Waals surface area contributed by atoms with Crippen molar-refractivity contribution in [1.29, 1.82) is 0 Å². The topological polar surface area (TPSA) is 65.4 Å². The molecule has 0 bridgehead atoms. The molecule has 1 aliphatic rings. The Hall–Kier alpha value is -3.28. The van der Waals surface area contributed by atoms with Gasteiger partial charge in [0.15, 0.2) is 5.82 Å². The van der Waals surface area contributed by atoms with Gasteiger partial charge in [0.1, 0.15) is 12.4 Å². The van der Waals surface area contributed by atoms with E-state index in [2.05, 4.69) is 40.7 Å². The molecule has 1 heterocycles. The molecule has 1 saturated carbocycles. The van der Waals surface area contributed by atoms with E-state index in [1.165, 1.54) is 18.4 Å². The molecule has 6 heteroatoms. The average molecular weight is 405 g/mol. The minimum atomic E-state index is -0.496. The van der Waals surface area contributed by atoms with Gasteiger partial charge in [0.2, 0.25) is 0 Å². The summed E-state index contributed by atoms with van der Waals surface area (Å²) < 4.78 is 13.0. The number of aryl methyl sites for hydroxylation is 1. The third-order valence-corrected chi connectivity index (χ3v) is 5.18. The van der Waals surface area contributed by atoms with Gasteiger partial charge in [0.05, 0.1) is 13.2 Å². The van der Waals surface area contributed by atoms with Crippen LogP contribution in [0.15, 0.2) is 54.6 Å². The van der Waals surface area contributed by atoms with Crippen molar-refractivity contribution >= 4 is 11.9 Å². The maximum absolute atomic E-state index is 11.7. The Morgan fingerprint density at radius 2 is 1.97 bits per heavy atom. The van der Waals surface area contributed by atoms with Crippen LogP contribution in [0.2, 0.25) is 0 Å². The fourth-order valence-corrected chi connectivity index (χ4v) is 3.43. The molecule has 4 rings (SSSR count). The van der Waals surface area contributed by atoms with Crippen molar-refractivity contribution in [3.8, 4) is 5.75 Å². The SMILES string of the molecule is CCOC(=O)Nc1cc(C)n(Cc2cc(C3CC3)ccc2OCc2ccccc2)n1. The van der Waals surface area contributed by atoms with Gasteiger partial charge < -0.3 is 9.47 Å². The summed E-state index contributed by atoms with van der Waals surface area (Å²) in [5.41, 5.74) is 4.52. The van der Waals surface area contributed by atoms with Crippen LogP contribution in [0.4, 0.5) is 10.6 Å². The van der Waals surface area contributed by atoms with Crippen LogP contribution in [0.1, 0.15) is 48.1 Å². The first-order valence-corrected chi connectivity index (χ1v) is 10.4. The molecule has 1 aromatic heterocycles. The number of ether oxygens (including phenoxy) is 2. The van der Waals surface area contributed by atoms with Crippen molar-refractivity contribution in [3.05, 3.63) is 77.0 Å². The number of rotatable bonds is 8. The molecule has 1 aliphatic carbocycles. The van der Waals surface area contributed by atoms with Crippen molar-refractivity contribution in [2.24, 2.45) is 0 Å². The minimum Gasteiger partial charge on any atom is -0.489 e. The molecule has 30 heavy (non-hydrogen) atoms. The normalized spacial score (nSPS) is 13.1. The smallest absolute Gasteiger partial charge is 0.412 e. The van der Waals surface area contributed by atoms with Crippen LogP contribution in [-0.2, 0) is 17.9 Å². The Labute approximate surface area is 176 Å². The van der Waals surface area contributed by atoms with Gasteiger partial charge in [-0.05, 0) is 55.9 Å². The van der Waals surface area contributed by atoms with Crippen molar-refractivity contribution in [3.63, 3.8) is 0 Å². The summed E-state index contributed by atoms with van der Waals surface area (Å²) in [6.07, 6.45) is 2.00. The number of carbonyl (C=O) groups excluding carboxylic acids is 1. The fourth-order valence-electron chi connectivity index (χ4n) is 3.43. The number of nitrogens with one attached hydrogen (secondary N) is 1. The summed E-state index contributed by atoms with van der Waals surface area (Å²) in [4.78, 5) is 11.7. The Bertz CT molecular complexity index is 1010. The second-order valence-corrected chi connectivity index (χ2v) is 7.59. The van der Waals surface area contributed by atoms with E-state index >= 15 is 0 Å². The highest BCUT2D eigenvalue weighted by Gasteiger charge is 2.24. The fraction of sp³-hybridized carbons (Fsp3) is 0.333. The van der Waals surface area contributed by atoms with Gasteiger partial charge in [0, 0.05) is 17.3 Å². The highest BCUT2D eigenvalue weighted by atomic mass is 16.5. The summed E-state index contributed by atoms with van der Waals surface area (Å²) in [7, 11) is 0. The third-order valence-electron chi connectivity index (χ3n) is 5.18. The van der Waals surface area contributed by atoms with E-state index in [4.69, 9.17) is 9.47 Å². The van der Waals surface area contributed by atoms with Crippen LogP contribution in [0, 0.1) is 6.92 Å². The van der Waals surface area contributed by atoms with Crippen molar-refractivity contribution in [1.82, 2.24) is 9.78 Å². The van der Waals surface area contributed by atoms with Gasteiger partial charge >= 0.3 is 6.09 Å². The van der Waals surface area contributed by atoms with Crippen LogP contribution in [-0.4, -0.2) is 22.5 Å². The molecule has 1 amide bonds. The number of benzene rings is 2. The number of carbonyl (C=O) groups is 1. The number of hydrogen-bond donors (Lipinski definition) is 1. The van der Waals surface area contributed by atoms with Crippen molar-refractivity contribution in [2.75, 3.05) is 11.9 Å². The summed E-state index contributed by atoms with van der Waals surface area (Å²) in [6.45, 7) is 5.15. The van der Waals surface area contributed by atoms with Crippen LogP contribution in [0.5, 0.6) is 5.75 Å². The zero-order valence-corrected chi connectivity index (χ0v) is 17.4. The summed E-state index contributed by atoms with van der Waals surface area (Å²) >= 11 is 0. The number of anilines is 1. The van der Waals surface area contributed by atoms with Gasteiger partial charge in [-0.1, -0.05) is 36.4 Å². The lowest BCUT2D eigenvalue weighted by atomic mass is 10.1. The lowest BCUT2D eigenvalue weighted by Gasteiger charge is -2.14. The number of amides is 1. The Kier molecular flexibility index (Phi) is 6.02. The molecule has 1 N–H and O–H groups in total. The zero-order valence-electron chi connectivity index (χ0n) is 17.4. The predicted octanol–water partition coefficient (Wildman–Crippen LogP) is 5.26. The van der Waals surface area contributed by atoms with Gasteiger partial charge in [-0.3, -0.25) is 10.00 Å². The van der Waals surface area contributed by atoms with Gasteiger partial charge in [-0.15, -0.1) is 0 Å². The lowest BCUT2D eigenvalue weighted by molar-refractivity contribution is 0.168. The lowest BCUT2D eigenvalue weighted by Crippen LogP contribution is -2.14. The molecule has 6 nitrogen and oxygen atoms in total. The van der Waals surface area contributed by atoms with E-state index in [1.807, 2.05) is 35.9 Å². The third kappa shape index (κ3) is 5.00. The van der Waals surface area contributed by atoms with Crippen molar-refractivity contribution in [2.45, 2.75) is 45.8 Å². The first-order valence-electron chi connectivity index (χ1n) is 10.4. The van der Waals surface area contributed by atoms with E-state index in [1.54, 1.807) is 6.92 Å². The maximum atomic E-state index is 11.7. The van der Waals surface area contributed by atoms with E-state index in [-0.39, 0.29) is 0 Å². The number of nitrogens with zero attached hydrogens (tertiary/aromatic N) is 2. The molecule has 3 aromatic rings. The molecule has 0 atom stereocenters. The zero-order chi connectivity index (χ0) is 20.9. The molecule has 156 valence electrons. The summed E-state index contributed by atoms with van der Waals surface area (Å²) in [5, 5.41) is 7.19. The molecule has 0 saturated heterocycles. The molecular weight excluding hydrogens is 378 g/mol. The van der Waals surface area contributed by atoms with Crippen LogP contribution in [0.25, 0.3) is 0 Å². The molecule has 0 aliphatic heterocycles. The summed E-state index contributed by atoms with van der Waals surface area (Å²) in [6, 6.07) is 18.5. The Morgan fingerprint density at radius 3 is 2.70 bits per heavy atom. The number of hydrogen-bond acceptors (Lipinski definition) is 4. The van der Waals surface area contributed by atoms with Gasteiger partial charge in [-0.25, -0.2) is 4.79 Å². The van der Waals surface area contributed by atoms with Crippen molar-refractivity contribution < 1.29 is 14.3 Å². The van der Waals surface area contributed by atoms with E-state index in [9.17, 15) is 4.79 Å².